The van der Waals surface area contributed by atoms with E-state index >= 15 is 0 Å². The predicted molar refractivity (Wildman–Crippen MR) is 107 cm³/mol. The third kappa shape index (κ3) is 4.22. The summed E-state index contributed by atoms with van der Waals surface area (Å²) in [6.07, 6.45) is 1.93. The smallest absolute Gasteiger partial charge is 0.246 e. The van der Waals surface area contributed by atoms with E-state index in [9.17, 15) is 9.59 Å². The number of methoxy groups -OCH3 is 1. The quantitative estimate of drug-likeness (QED) is 0.849. The lowest BCUT2D eigenvalue weighted by Crippen LogP contribution is -2.44. The number of anilines is 3. The van der Waals surface area contributed by atoms with Crippen molar-refractivity contribution in [3.05, 3.63) is 48.0 Å². The van der Waals surface area contributed by atoms with Crippen molar-refractivity contribution >= 4 is 28.9 Å². The van der Waals surface area contributed by atoms with E-state index in [0.717, 1.165) is 18.5 Å². The first-order chi connectivity index (χ1) is 13.0. The Morgan fingerprint density at radius 3 is 2.70 bits per heavy atom. The van der Waals surface area contributed by atoms with E-state index in [4.69, 9.17) is 4.74 Å². The second kappa shape index (κ2) is 8.12. The lowest BCUT2D eigenvalue weighted by Gasteiger charge is -2.35. The summed E-state index contributed by atoms with van der Waals surface area (Å²) in [5, 5.41) is 5.93. The highest BCUT2D eigenvalue weighted by Gasteiger charge is 2.27. The van der Waals surface area contributed by atoms with E-state index in [2.05, 4.69) is 23.6 Å². The van der Waals surface area contributed by atoms with E-state index in [1.54, 1.807) is 25.3 Å². The van der Waals surface area contributed by atoms with Gasteiger partial charge >= 0.3 is 0 Å². The number of amides is 2. The van der Waals surface area contributed by atoms with Crippen molar-refractivity contribution in [3.8, 4) is 5.75 Å². The fourth-order valence-corrected chi connectivity index (χ4v) is 3.42. The first-order valence-electron chi connectivity index (χ1n) is 9.09. The Morgan fingerprint density at radius 1 is 1.19 bits per heavy atom. The number of nitrogens with one attached hydrogen (secondary N) is 2. The molecule has 0 spiro atoms. The van der Waals surface area contributed by atoms with Gasteiger partial charge in [-0.2, -0.15) is 0 Å². The molecule has 0 saturated carbocycles. The SMILES string of the molecule is COc1ccc(NC(C)=O)c(NCC(=O)N2c3ccccc3CC[C@@H]2C)c1. The molecule has 2 aromatic rings. The molecule has 2 amide bonds. The van der Waals surface area contributed by atoms with Gasteiger partial charge in [-0.15, -0.1) is 0 Å². The highest BCUT2D eigenvalue weighted by Crippen LogP contribution is 2.31. The van der Waals surface area contributed by atoms with Gasteiger partial charge in [0, 0.05) is 24.7 Å². The Bertz CT molecular complexity index is 850. The summed E-state index contributed by atoms with van der Waals surface area (Å²) < 4.78 is 5.25. The standard InChI is InChI=1S/C21H25N3O3/c1-14-8-9-16-6-4-5-7-20(16)24(14)21(26)13-22-19-12-17(27-3)10-11-18(19)23-15(2)25/h4-7,10-12,14,22H,8-9,13H2,1-3H3,(H,23,25)/t14-/m0/s1. The van der Waals surface area contributed by atoms with Gasteiger partial charge in [-0.25, -0.2) is 0 Å². The molecule has 2 N–H and O–H groups in total. The minimum absolute atomic E-state index is 0.00811. The van der Waals surface area contributed by atoms with Crippen LogP contribution in [0, 0.1) is 0 Å². The maximum absolute atomic E-state index is 13.0. The Hall–Kier alpha value is -3.02. The molecule has 6 heteroatoms. The summed E-state index contributed by atoms with van der Waals surface area (Å²) in [4.78, 5) is 26.3. The van der Waals surface area contributed by atoms with Crippen molar-refractivity contribution in [1.82, 2.24) is 0 Å². The van der Waals surface area contributed by atoms with Crippen molar-refractivity contribution in [3.63, 3.8) is 0 Å². The number of rotatable bonds is 5. The zero-order valence-electron chi connectivity index (χ0n) is 15.9. The number of para-hydroxylation sites is 1. The van der Waals surface area contributed by atoms with E-state index < -0.39 is 0 Å². The predicted octanol–water partition coefficient (Wildman–Crippen LogP) is 3.43. The van der Waals surface area contributed by atoms with Crippen molar-refractivity contribution < 1.29 is 14.3 Å². The highest BCUT2D eigenvalue weighted by atomic mass is 16.5. The molecule has 1 atom stereocenters. The molecule has 27 heavy (non-hydrogen) atoms. The first-order valence-corrected chi connectivity index (χ1v) is 9.09. The van der Waals surface area contributed by atoms with E-state index in [-0.39, 0.29) is 24.4 Å². The minimum atomic E-state index is -0.173. The van der Waals surface area contributed by atoms with Crippen molar-refractivity contribution in [2.24, 2.45) is 0 Å². The summed E-state index contributed by atoms with van der Waals surface area (Å²) in [6, 6.07) is 13.5. The molecule has 2 aromatic carbocycles. The van der Waals surface area contributed by atoms with Crippen LogP contribution < -0.4 is 20.3 Å². The molecule has 1 heterocycles. The summed E-state index contributed by atoms with van der Waals surface area (Å²) in [5.74, 6) is 0.468. The Kier molecular flexibility index (Phi) is 5.64. The largest absolute Gasteiger partial charge is 0.497 e. The second-order valence-electron chi connectivity index (χ2n) is 6.73. The molecule has 0 aliphatic carbocycles. The Balaban J connectivity index is 1.79. The number of hydrogen-bond donors (Lipinski definition) is 2. The molecule has 0 unspecified atom stereocenters. The number of nitrogens with zero attached hydrogens (tertiary/aromatic N) is 1. The molecule has 1 aliphatic rings. The average molecular weight is 367 g/mol. The summed E-state index contributed by atoms with van der Waals surface area (Å²) >= 11 is 0. The first kappa shape index (κ1) is 18.8. The molecule has 3 rings (SSSR count). The van der Waals surface area contributed by atoms with Crippen molar-refractivity contribution in [1.29, 1.82) is 0 Å². The van der Waals surface area contributed by atoms with Crippen molar-refractivity contribution in [2.75, 3.05) is 29.2 Å². The molecule has 142 valence electrons. The Morgan fingerprint density at radius 2 is 1.96 bits per heavy atom. The van der Waals surface area contributed by atoms with Crippen LogP contribution in [0.3, 0.4) is 0 Å². The number of carbonyl (C=O) groups excluding carboxylic acids is 2. The van der Waals surface area contributed by atoms with Gasteiger partial charge in [0.25, 0.3) is 0 Å². The van der Waals surface area contributed by atoms with Gasteiger partial charge in [0.05, 0.1) is 25.0 Å². The molecular weight excluding hydrogens is 342 g/mol. The monoisotopic (exact) mass is 367 g/mol. The number of carbonyl (C=O) groups is 2. The fraction of sp³-hybridized carbons (Fsp3) is 0.333. The number of benzene rings is 2. The lowest BCUT2D eigenvalue weighted by atomic mass is 9.96. The third-order valence-corrected chi connectivity index (χ3v) is 4.76. The highest BCUT2D eigenvalue weighted by molar-refractivity contribution is 5.99. The number of hydrogen-bond acceptors (Lipinski definition) is 4. The molecule has 6 nitrogen and oxygen atoms in total. The molecule has 0 fully saturated rings. The molecular formula is C21H25N3O3. The Labute approximate surface area is 159 Å². The molecule has 1 aliphatic heterocycles. The molecule has 0 radical (unpaired) electrons. The maximum atomic E-state index is 13.0. The normalized spacial score (nSPS) is 15.7. The topological polar surface area (TPSA) is 70.7 Å². The van der Waals surface area contributed by atoms with Gasteiger partial charge in [0.1, 0.15) is 5.75 Å². The summed E-state index contributed by atoms with van der Waals surface area (Å²) in [5.41, 5.74) is 3.44. The molecule has 0 bridgehead atoms. The minimum Gasteiger partial charge on any atom is -0.497 e. The van der Waals surface area contributed by atoms with E-state index in [1.165, 1.54) is 12.5 Å². The van der Waals surface area contributed by atoms with Crippen LogP contribution in [-0.4, -0.2) is 31.5 Å². The summed E-state index contributed by atoms with van der Waals surface area (Å²) in [6.45, 7) is 3.64. The van der Waals surface area contributed by atoms with Gasteiger partial charge in [-0.3, -0.25) is 9.59 Å². The molecule has 0 aromatic heterocycles. The van der Waals surface area contributed by atoms with Gasteiger partial charge in [-0.05, 0) is 43.5 Å². The molecule has 0 saturated heterocycles. The van der Waals surface area contributed by atoms with Crippen LogP contribution in [-0.2, 0) is 16.0 Å². The zero-order valence-corrected chi connectivity index (χ0v) is 15.9. The van der Waals surface area contributed by atoms with Crippen LogP contribution in [0.15, 0.2) is 42.5 Å². The zero-order chi connectivity index (χ0) is 19.4. The van der Waals surface area contributed by atoms with Crippen LogP contribution in [0.25, 0.3) is 0 Å². The van der Waals surface area contributed by atoms with E-state index in [0.29, 0.717) is 17.1 Å². The third-order valence-electron chi connectivity index (χ3n) is 4.76. The van der Waals surface area contributed by atoms with Crippen LogP contribution in [0.2, 0.25) is 0 Å². The van der Waals surface area contributed by atoms with Crippen LogP contribution >= 0.6 is 0 Å². The number of aryl methyl sites for hydroxylation is 1. The van der Waals surface area contributed by atoms with Gasteiger partial charge < -0.3 is 20.3 Å². The second-order valence-corrected chi connectivity index (χ2v) is 6.73. The van der Waals surface area contributed by atoms with Gasteiger partial charge in [-0.1, -0.05) is 18.2 Å². The lowest BCUT2D eigenvalue weighted by molar-refractivity contribution is -0.117. The van der Waals surface area contributed by atoms with E-state index in [1.807, 2.05) is 23.1 Å². The van der Waals surface area contributed by atoms with Crippen molar-refractivity contribution in [2.45, 2.75) is 32.7 Å². The number of fused-ring (bicyclic) bond motifs is 1. The fourth-order valence-electron chi connectivity index (χ4n) is 3.42. The maximum Gasteiger partial charge on any atom is 0.246 e. The van der Waals surface area contributed by atoms with Crippen LogP contribution in [0.4, 0.5) is 17.1 Å². The van der Waals surface area contributed by atoms with Crippen LogP contribution in [0.1, 0.15) is 25.8 Å². The average Bonchev–Trinajstić information content (AvgIpc) is 2.66. The number of ether oxygens (including phenoxy) is 1. The van der Waals surface area contributed by atoms with Gasteiger partial charge in [0.15, 0.2) is 0 Å². The summed E-state index contributed by atoms with van der Waals surface area (Å²) in [7, 11) is 1.58. The van der Waals surface area contributed by atoms with Crippen LogP contribution in [0.5, 0.6) is 5.75 Å². The van der Waals surface area contributed by atoms with Gasteiger partial charge in [0.2, 0.25) is 11.8 Å².